The molecular weight excluding hydrogens is 357 g/mol. The van der Waals surface area contributed by atoms with Gasteiger partial charge in [-0.15, -0.1) is 0 Å². The van der Waals surface area contributed by atoms with Gasteiger partial charge in [0.25, 0.3) is 0 Å². The van der Waals surface area contributed by atoms with Gasteiger partial charge in [-0.2, -0.15) is 0 Å². The van der Waals surface area contributed by atoms with Crippen LogP contribution in [-0.2, 0) is 4.74 Å². The summed E-state index contributed by atoms with van der Waals surface area (Å²) < 4.78 is 5.49. The summed E-state index contributed by atoms with van der Waals surface area (Å²) in [6.07, 6.45) is 0. The fraction of sp³-hybridized carbons (Fsp3) is 0.211. The Balaban J connectivity index is 2.00. The summed E-state index contributed by atoms with van der Waals surface area (Å²) in [5.41, 5.74) is 10.5. The second-order valence-electron chi connectivity index (χ2n) is 5.94. The van der Waals surface area contributed by atoms with E-state index in [0.29, 0.717) is 34.6 Å². The number of rotatable bonds is 2. The van der Waals surface area contributed by atoms with Gasteiger partial charge in [0, 0.05) is 24.0 Å². The molecule has 1 aliphatic rings. The number of nitrogens with zero attached hydrogens (tertiary/aromatic N) is 2. The fourth-order valence-electron chi connectivity index (χ4n) is 3.23. The molecule has 0 amide bonds. The van der Waals surface area contributed by atoms with E-state index in [4.69, 9.17) is 38.7 Å². The smallest absolute Gasteiger partial charge is 0.0975 e. The summed E-state index contributed by atoms with van der Waals surface area (Å²) in [6.45, 7) is 2.95. The standard InChI is InChI=1S/C19H17Cl2N3O/c20-14-6-3-5-13(16(14)21)18-17(22)19(24-8-10-25-11-9-24)12-4-1-2-7-15(12)23-18/h1-7H,8-11,22H2. The number of benzene rings is 2. The van der Waals surface area contributed by atoms with Gasteiger partial charge in [-0.05, 0) is 12.1 Å². The van der Waals surface area contributed by atoms with Crippen LogP contribution >= 0.6 is 23.2 Å². The first-order valence-corrected chi connectivity index (χ1v) is 8.87. The summed E-state index contributed by atoms with van der Waals surface area (Å²) in [6, 6.07) is 13.5. The average Bonchev–Trinajstić information content (AvgIpc) is 2.64. The van der Waals surface area contributed by atoms with Gasteiger partial charge in [0.1, 0.15) is 0 Å². The van der Waals surface area contributed by atoms with Crippen molar-refractivity contribution < 1.29 is 4.74 Å². The average molecular weight is 374 g/mol. The van der Waals surface area contributed by atoms with Crippen LogP contribution in [0.25, 0.3) is 22.2 Å². The second-order valence-corrected chi connectivity index (χ2v) is 6.73. The van der Waals surface area contributed by atoms with Gasteiger partial charge in [0.05, 0.1) is 45.8 Å². The molecule has 0 aliphatic carbocycles. The van der Waals surface area contributed by atoms with Crippen LogP contribution < -0.4 is 10.6 Å². The molecular formula is C19H17Cl2N3O. The molecule has 3 aromatic rings. The molecule has 2 heterocycles. The number of anilines is 2. The Morgan fingerprint density at radius 2 is 1.76 bits per heavy atom. The van der Waals surface area contributed by atoms with E-state index in [1.54, 1.807) is 6.07 Å². The minimum Gasteiger partial charge on any atom is -0.395 e. The number of halogens is 2. The minimum absolute atomic E-state index is 0.464. The Hall–Kier alpha value is -2.01. The Morgan fingerprint density at radius 1 is 1.00 bits per heavy atom. The highest BCUT2D eigenvalue weighted by Crippen LogP contribution is 2.42. The SMILES string of the molecule is Nc1c(-c2cccc(Cl)c2Cl)nc2ccccc2c1N1CCOCC1. The molecule has 1 aliphatic heterocycles. The van der Waals surface area contributed by atoms with E-state index in [-0.39, 0.29) is 0 Å². The molecule has 4 nitrogen and oxygen atoms in total. The highest BCUT2D eigenvalue weighted by Gasteiger charge is 2.22. The molecule has 2 N–H and O–H groups in total. The molecule has 6 heteroatoms. The number of ether oxygens (including phenoxy) is 1. The van der Waals surface area contributed by atoms with Crippen LogP contribution in [0.1, 0.15) is 0 Å². The molecule has 0 unspecified atom stereocenters. The van der Waals surface area contributed by atoms with E-state index in [9.17, 15) is 0 Å². The Morgan fingerprint density at radius 3 is 2.56 bits per heavy atom. The maximum absolute atomic E-state index is 6.58. The number of hydrogen-bond acceptors (Lipinski definition) is 4. The van der Waals surface area contributed by atoms with Crippen LogP contribution in [0.2, 0.25) is 10.0 Å². The van der Waals surface area contributed by atoms with Crippen molar-refractivity contribution in [1.82, 2.24) is 4.98 Å². The first-order chi connectivity index (χ1) is 12.2. The third-order valence-electron chi connectivity index (χ3n) is 4.44. The first kappa shape index (κ1) is 16.5. The minimum atomic E-state index is 0.464. The van der Waals surface area contributed by atoms with Gasteiger partial charge >= 0.3 is 0 Å². The number of morpholine rings is 1. The molecule has 1 saturated heterocycles. The number of nitrogens with two attached hydrogens (primary N) is 1. The fourth-order valence-corrected chi connectivity index (χ4v) is 3.62. The number of aromatic nitrogens is 1. The predicted molar refractivity (Wildman–Crippen MR) is 105 cm³/mol. The van der Waals surface area contributed by atoms with E-state index < -0.39 is 0 Å². The predicted octanol–water partition coefficient (Wildman–Crippen LogP) is 4.63. The van der Waals surface area contributed by atoms with E-state index in [0.717, 1.165) is 35.2 Å². The molecule has 0 atom stereocenters. The van der Waals surface area contributed by atoms with Gasteiger partial charge in [-0.3, -0.25) is 0 Å². The van der Waals surface area contributed by atoms with Crippen LogP contribution in [0.15, 0.2) is 42.5 Å². The van der Waals surface area contributed by atoms with Crippen molar-refractivity contribution in [2.75, 3.05) is 36.9 Å². The maximum Gasteiger partial charge on any atom is 0.0975 e. The first-order valence-electron chi connectivity index (χ1n) is 8.12. The molecule has 0 radical (unpaired) electrons. The van der Waals surface area contributed by atoms with Crippen molar-refractivity contribution in [3.8, 4) is 11.3 Å². The zero-order valence-corrected chi connectivity index (χ0v) is 15.0. The summed E-state index contributed by atoms with van der Waals surface area (Å²) in [5, 5.41) is 1.98. The maximum atomic E-state index is 6.58. The monoisotopic (exact) mass is 373 g/mol. The lowest BCUT2D eigenvalue weighted by molar-refractivity contribution is 0.123. The molecule has 128 valence electrons. The Labute approximate surface area is 156 Å². The molecule has 0 bridgehead atoms. The largest absolute Gasteiger partial charge is 0.395 e. The number of nitrogen functional groups attached to an aromatic ring is 1. The van der Waals surface area contributed by atoms with Crippen molar-refractivity contribution in [3.63, 3.8) is 0 Å². The molecule has 1 aromatic heterocycles. The van der Waals surface area contributed by atoms with E-state index >= 15 is 0 Å². The molecule has 4 rings (SSSR count). The van der Waals surface area contributed by atoms with Gasteiger partial charge in [0.15, 0.2) is 0 Å². The third kappa shape index (κ3) is 2.91. The van der Waals surface area contributed by atoms with Gasteiger partial charge in [0.2, 0.25) is 0 Å². The lowest BCUT2D eigenvalue weighted by Gasteiger charge is -2.31. The highest BCUT2D eigenvalue weighted by molar-refractivity contribution is 6.43. The van der Waals surface area contributed by atoms with Crippen molar-refractivity contribution in [3.05, 3.63) is 52.5 Å². The second kappa shape index (κ2) is 6.71. The zero-order valence-electron chi connectivity index (χ0n) is 13.5. The summed E-state index contributed by atoms with van der Waals surface area (Å²) in [7, 11) is 0. The van der Waals surface area contributed by atoms with Crippen LogP contribution in [0.3, 0.4) is 0 Å². The van der Waals surface area contributed by atoms with E-state index in [2.05, 4.69) is 4.90 Å². The van der Waals surface area contributed by atoms with E-state index in [1.807, 2.05) is 36.4 Å². The van der Waals surface area contributed by atoms with Crippen molar-refractivity contribution >= 4 is 45.5 Å². The summed E-state index contributed by atoms with van der Waals surface area (Å²) >= 11 is 12.6. The number of fused-ring (bicyclic) bond motifs is 1. The van der Waals surface area contributed by atoms with E-state index in [1.165, 1.54) is 0 Å². The molecule has 1 fully saturated rings. The van der Waals surface area contributed by atoms with Crippen LogP contribution in [-0.4, -0.2) is 31.3 Å². The normalized spacial score (nSPS) is 14.9. The van der Waals surface area contributed by atoms with Crippen LogP contribution in [0.4, 0.5) is 11.4 Å². The molecule has 2 aromatic carbocycles. The zero-order chi connectivity index (χ0) is 17.4. The van der Waals surface area contributed by atoms with Crippen molar-refractivity contribution in [2.45, 2.75) is 0 Å². The number of para-hydroxylation sites is 1. The van der Waals surface area contributed by atoms with Gasteiger partial charge < -0.3 is 15.4 Å². The summed E-state index contributed by atoms with van der Waals surface area (Å²) in [4.78, 5) is 7.03. The van der Waals surface area contributed by atoms with Crippen LogP contribution in [0, 0.1) is 0 Å². The molecule has 0 spiro atoms. The summed E-state index contributed by atoms with van der Waals surface area (Å²) in [5.74, 6) is 0. The Bertz CT molecular complexity index is 939. The number of hydrogen-bond donors (Lipinski definition) is 1. The lowest BCUT2D eigenvalue weighted by atomic mass is 10.0. The van der Waals surface area contributed by atoms with Gasteiger partial charge in [-0.25, -0.2) is 4.98 Å². The quantitative estimate of drug-likeness (QED) is 0.711. The van der Waals surface area contributed by atoms with Crippen LogP contribution in [0.5, 0.6) is 0 Å². The Kier molecular flexibility index (Phi) is 4.42. The molecule has 25 heavy (non-hydrogen) atoms. The third-order valence-corrected chi connectivity index (χ3v) is 5.25. The highest BCUT2D eigenvalue weighted by atomic mass is 35.5. The van der Waals surface area contributed by atoms with Crippen molar-refractivity contribution in [1.29, 1.82) is 0 Å². The topological polar surface area (TPSA) is 51.4 Å². The lowest BCUT2D eigenvalue weighted by Crippen LogP contribution is -2.37. The molecule has 0 saturated carbocycles. The van der Waals surface area contributed by atoms with Gasteiger partial charge in [-0.1, -0.05) is 53.5 Å². The number of pyridine rings is 1. The van der Waals surface area contributed by atoms with Crippen molar-refractivity contribution in [2.24, 2.45) is 0 Å².